The van der Waals surface area contributed by atoms with Crippen LogP contribution in [0.5, 0.6) is 0 Å². The summed E-state index contributed by atoms with van der Waals surface area (Å²) in [6, 6.07) is 5.44. The minimum atomic E-state index is -0.811. The largest absolute Gasteiger partial charge is 0.481 e. The summed E-state index contributed by atoms with van der Waals surface area (Å²) in [5.74, 6) is -1.77. The molecule has 0 spiro atoms. The molecule has 0 unspecified atom stereocenters. The van der Waals surface area contributed by atoms with Gasteiger partial charge in [0.25, 0.3) is 5.91 Å². The number of hydrogen-bond acceptors (Lipinski definition) is 6. The van der Waals surface area contributed by atoms with Crippen LogP contribution >= 0.6 is 38.9 Å². The quantitative estimate of drug-likeness (QED) is 0.433. The second-order valence-electron chi connectivity index (χ2n) is 7.35. The number of thiazole rings is 1. The predicted octanol–water partition coefficient (Wildman–Crippen LogP) is 5.45. The van der Waals surface area contributed by atoms with Gasteiger partial charge in [-0.15, -0.1) is 0 Å². The average Bonchev–Trinajstić information content (AvgIpc) is 3.15. The van der Waals surface area contributed by atoms with Gasteiger partial charge in [-0.25, -0.2) is 14.4 Å². The second kappa shape index (κ2) is 9.70. The molecule has 12 heteroatoms. The molecule has 2 N–H and O–H groups in total. The summed E-state index contributed by atoms with van der Waals surface area (Å²) in [5, 5.41) is 11.3. The van der Waals surface area contributed by atoms with Gasteiger partial charge < -0.3 is 10.0 Å². The van der Waals surface area contributed by atoms with Crippen molar-refractivity contribution in [3.8, 4) is 11.3 Å². The zero-order valence-corrected chi connectivity index (χ0v) is 20.0. The summed E-state index contributed by atoms with van der Waals surface area (Å²) in [5.41, 5.74) is 0.511. The predicted molar refractivity (Wildman–Crippen MR) is 125 cm³/mol. The second-order valence-corrected chi connectivity index (χ2v) is 9.56. The first-order valence-corrected chi connectivity index (χ1v) is 11.8. The molecule has 1 aromatic carbocycles. The monoisotopic (exact) mass is 556 g/mol. The Balaban J connectivity index is 1.46. The van der Waals surface area contributed by atoms with E-state index in [1.807, 2.05) is 4.90 Å². The van der Waals surface area contributed by atoms with Crippen LogP contribution in [0.15, 0.2) is 34.9 Å². The van der Waals surface area contributed by atoms with E-state index in [2.05, 4.69) is 31.2 Å². The van der Waals surface area contributed by atoms with Crippen molar-refractivity contribution in [1.82, 2.24) is 9.97 Å². The van der Waals surface area contributed by atoms with Gasteiger partial charge in [0.05, 0.1) is 21.0 Å². The third-order valence-electron chi connectivity index (χ3n) is 5.23. The smallest absolute Gasteiger partial charge is 0.306 e. The lowest BCUT2D eigenvalue weighted by molar-refractivity contribution is -0.142. The number of halogens is 4. The molecule has 4 rings (SSSR count). The standard InChI is InChI=1S/C21H16BrClF2N4O3S/c22-13-7-11(1-2-15(13)24)16-17(25)33-21(27-16)28-19(30)12-8-14(23)18(26-9-12)29-5-3-10(4-6-29)20(31)32/h1-2,7-10H,3-6H2,(H,31,32)(H,27,28,30). The van der Waals surface area contributed by atoms with Crippen LogP contribution in [0, 0.1) is 16.9 Å². The number of pyridine rings is 1. The van der Waals surface area contributed by atoms with E-state index in [0.717, 1.165) is 0 Å². The molecule has 0 atom stereocenters. The van der Waals surface area contributed by atoms with Crippen LogP contribution in [0.4, 0.5) is 19.7 Å². The normalized spacial score (nSPS) is 14.4. The number of carboxylic acid groups (broad SMARTS) is 1. The minimum Gasteiger partial charge on any atom is -0.481 e. The Kier molecular flexibility index (Phi) is 6.91. The van der Waals surface area contributed by atoms with Gasteiger partial charge in [-0.1, -0.05) is 22.9 Å². The van der Waals surface area contributed by atoms with Crippen molar-refractivity contribution in [1.29, 1.82) is 0 Å². The lowest BCUT2D eigenvalue weighted by atomic mass is 9.97. The van der Waals surface area contributed by atoms with E-state index in [0.29, 0.717) is 48.6 Å². The maximum atomic E-state index is 14.4. The number of carbonyl (C=O) groups excluding carboxylic acids is 1. The van der Waals surface area contributed by atoms with Crippen LogP contribution < -0.4 is 10.2 Å². The SMILES string of the molecule is O=C(Nc1nc(-c2ccc(F)c(Br)c2)c(F)s1)c1cnc(N2CCC(C(=O)O)CC2)c(Cl)c1. The Labute approximate surface area is 204 Å². The lowest BCUT2D eigenvalue weighted by Gasteiger charge is -2.31. The summed E-state index contributed by atoms with van der Waals surface area (Å²) in [6.45, 7) is 0.992. The molecule has 33 heavy (non-hydrogen) atoms. The van der Waals surface area contributed by atoms with Crippen LogP contribution in [0.1, 0.15) is 23.2 Å². The molecule has 1 aliphatic heterocycles. The lowest BCUT2D eigenvalue weighted by Crippen LogP contribution is -2.37. The molecule has 1 fully saturated rings. The van der Waals surface area contributed by atoms with Crippen molar-refractivity contribution in [3.63, 3.8) is 0 Å². The molecule has 0 radical (unpaired) electrons. The number of hydrogen-bond donors (Lipinski definition) is 2. The Bertz CT molecular complexity index is 1230. The highest BCUT2D eigenvalue weighted by molar-refractivity contribution is 9.10. The summed E-state index contributed by atoms with van der Waals surface area (Å²) in [4.78, 5) is 34.0. The molecule has 1 amide bonds. The van der Waals surface area contributed by atoms with Gasteiger partial charge in [0.1, 0.15) is 17.3 Å². The number of benzene rings is 1. The molecule has 172 valence electrons. The molecule has 3 aromatic rings. The number of piperidine rings is 1. The van der Waals surface area contributed by atoms with E-state index in [1.54, 1.807) is 0 Å². The number of aromatic nitrogens is 2. The number of rotatable bonds is 5. The summed E-state index contributed by atoms with van der Waals surface area (Å²) >= 11 is 10.0. The van der Waals surface area contributed by atoms with Crippen LogP contribution in [0.25, 0.3) is 11.3 Å². The summed E-state index contributed by atoms with van der Waals surface area (Å²) < 4.78 is 28.0. The first-order chi connectivity index (χ1) is 15.7. The fourth-order valence-corrected chi connectivity index (χ4v) is 4.85. The first-order valence-electron chi connectivity index (χ1n) is 9.79. The zero-order chi connectivity index (χ0) is 23.7. The third-order valence-corrected chi connectivity index (χ3v) is 6.87. The highest BCUT2D eigenvalue weighted by Crippen LogP contribution is 2.33. The number of carboxylic acids is 1. The number of anilines is 2. The molecule has 2 aromatic heterocycles. The van der Waals surface area contributed by atoms with Crippen molar-refractivity contribution in [2.45, 2.75) is 12.8 Å². The topological polar surface area (TPSA) is 95.4 Å². The fraction of sp³-hybridized carbons (Fsp3) is 0.238. The van der Waals surface area contributed by atoms with Crippen LogP contribution in [0.2, 0.25) is 5.02 Å². The third kappa shape index (κ3) is 5.15. The molecular weight excluding hydrogens is 542 g/mol. The Morgan fingerprint density at radius 1 is 1.24 bits per heavy atom. The van der Waals surface area contributed by atoms with Gasteiger partial charge >= 0.3 is 5.97 Å². The Morgan fingerprint density at radius 3 is 2.61 bits per heavy atom. The average molecular weight is 558 g/mol. The number of carbonyl (C=O) groups is 2. The van der Waals surface area contributed by atoms with Crippen molar-refractivity contribution in [2.24, 2.45) is 5.92 Å². The number of nitrogens with one attached hydrogen (secondary N) is 1. The maximum Gasteiger partial charge on any atom is 0.306 e. The van der Waals surface area contributed by atoms with Crippen LogP contribution in [-0.2, 0) is 4.79 Å². The number of nitrogens with zero attached hydrogens (tertiary/aromatic N) is 3. The van der Waals surface area contributed by atoms with E-state index in [9.17, 15) is 18.4 Å². The van der Waals surface area contributed by atoms with Gasteiger partial charge in [-0.3, -0.25) is 14.9 Å². The van der Waals surface area contributed by atoms with Crippen LogP contribution in [0.3, 0.4) is 0 Å². The fourth-order valence-electron chi connectivity index (χ4n) is 3.47. The van der Waals surface area contributed by atoms with Crippen molar-refractivity contribution >= 4 is 61.7 Å². The van der Waals surface area contributed by atoms with E-state index in [4.69, 9.17) is 16.7 Å². The van der Waals surface area contributed by atoms with Crippen molar-refractivity contribution in [2.75, 3.05) is 23.3 Å². The Hall–Kier alpha value is -2.63. The molecule has 7 nitrogen and oxygen atoms in total. The van der Waals surface area contributed by atoms with Gasteiger partial charge in [0.15, 0.2) is 5.13 Å². The molecule has 0 bridgehead atoms. The van der Waals surface area contributed by atoms with Crippen molar-refractivity contribution < 1.29 is 23.5 Å². The molecule has 1 aliphatic rings. The van der Waals surface area contributed by atoms with E-state index in [1.165, 1.54) is 30.5 Å². The summed E-state index contributed by atoms with van der Waals surface area (Å²) in [7, 11) is 0. The maximum absolute atomic E-state index is 14.4. The van der Waals surface area contributed by atoms with Gasteiger partial charge in [-0.2, -0.15) is 4.39 Å². The number of aliphatic carboxylic acids is 1. The van der Waals surface area contributed by atoms with Gasteiger partial charge in [0.2, 0.25) is 5.13 Å². The zero-order valence-electron chi connectivity index (χ0n) is 16.8. The first kappa shape index (κ1) is 23.5. The van der Waals surface area contributed by atoms with Gasteiger partial charge in [0, 0.05) is 24.8 Å². The molecular formula is C21H16BrClF2N4O3S. The van der Waals surface area contributed by atoms with Gasteiger partial charge in [-0.05, 0) is 53.0 Å². The van der Waals surface area contributed by atoms with Crippen LogP contribution in [-0.4, -0.2) is 40.0 Å². The highest BCUT2D eigenvalue weighted by Gasteiger charge is 2.26. The highest BCUT2D eigenvalue weighted by atomic mass is 79.9. The Morgan fingerprint density at radius 2 is 1.97 bits per heavy atom. The summed E-state index contributed by atoms with van der Waals surface area (Å²) in [6.07, 6.45) is 2.32. The molecule has 1 saturated heterocycles. The van der Waals surface area contributed by atoms with E-state index >= 15 is 0 Å². The van der Waals surface area contributed by atoms with Crippen molar-refractivity contribution in [3.05, 3.63) is 56.5 Å². The number of amides is 1. The molecule has 0 saturated carbocycles. The minimum absolute atomic E-state index is 0.00716. The molecule has 3 heterocycles. The van der Waals surface area contributed by atoms with E-state index in [-0.39, 0.29) is 31.8 Å². The molecule has 0 aliphatic carbocycles. The van der Waals surface area contributed by atoms with E-state index < -0.39 is 22.8 Å².